The van der Waals surface area contributed by atoms with Crippen molar-refractivity contribution in [1.29, 1.82) is 0 Å². The topological polar surface area (TPSA) is 35.0 Å². The largest absolute Gasteiger partial charge is 0.494 e. The van der Waals surface area contributed by atoms with Crippen LogP contribution >= 0.6 is 0 Å². The van der Waals surface area contributed by atoms with E-state index >= 15 is 0 Å². The normalized spacial score (nSPS) is 10.9. The van der Waals surface area contributed by atoms with Gasteiger partial charge in [-0.1, -0.05) is 77.0 Å². The fraction of sp³-hybridized carbons (Fsp3) is 0.448. The molecule has 0 saturated heterocycles. The Kier molecular flexibility index (Phi) is 10.2. The first-order valence-electron chi connectivity index (χ1n) is 12.4. The Morgan fingerprint density at radius 3 is 1.91 bits per heavy atom. The molecule has 0 fully saturated rings. The summed E-state index contributed by atoms with van der Waals surface area (Å²) in [6, 6.07) is 16.8. The van der Waals surface area contributed by atoms with Crippen LogP contribution in [0.3, 0.4) is 0 Å². The smallest absolute Gasteiger partial charge is 0.119 e. The second kappa shape index (κ2) is 13.7. The van der Waals surface area contributed by atoms with Crippen molar-refractivity contribution < 1.29 is 4.74 Å². The molecule has 0 saturated carbocycles. The van der Waals surface area contributed by atoms with Crippen molar-refractivity contribution in [1.82, 2.24) is 9.97 Å². The van der Waals surface area contributed by atoms with Crippen LogP contribution in [0.25, 0.3) is 22.4 Å². The van der Waals surface area contributed by atoms with Crippen molar-refractivity contribution in [3.63, 3.8) is 0 Å². The minimum atomic E-state index is 0.797. The first-order chi connectivity index (χ1) is 15.8. The average Bonchev–Trinajstić information content (AvgIpc) is 2.85. The summed E-state index contributed by atoms with van der Waals surface area (Å²) in [6.45, 7) is 5.28. The maximum atomic E-state index is 5.88. The Balaban J connectivity index is 1.50. The lowest BCUT2D eigenvalue weighted by molar-refractivity contribution is 0.304. The number of aromatic nitrogens is 2. The molecule has 32 heavy (non-hydrogen) atoms. The van der Waals surface area contributed by atoms with Crippen LogP contribution < -0.4 is 4.74 Å². The number of hydrogen-bond donors (Lipinski definition) is 0. The second-order valence-corrected chi connectivity index (χ2v) is 8.57. The number of nitrogens with zero attached hydrogens (tertiary/aromatic N) is 2. The summed E-state index contributed by atoms with van der Waals surface area (Å²) in [5.74, 6) is 0.940. The van der Waals surface area contributed by atoms with E-state index in [-0.39, 0.29) is 0 Å². The lowest BCUT2D eigenvalue weighted by Crippen LogP contribution is -1.97. The number of unbranched alkanes of at least 4 members (excludes halogenated alkanes) is 7. The molecule has 0 aliphatic carbocycles. The molecular formula is C29H38N2O. The van der Waals surface area contributed by atoms with Gasteiger partial charge in [0.05, 0.1) is 12.3 Å². The van der Waals surface area contributed by atoms with Crippen LogP contribution in [0.15, 0.2) is 60.9 Å². The van der Waals surface area contributed by atoms with E-state index in [9.17, 15) is 0 Å². The van der Waals surface area contributed by atoms with Gasteiger partial charge < -0.3 is 4.74 Å². The third kappa shape index (κ3) is 7.78. The van der Waals surface area contributed by atoms with Gasteiger partial charge in [-0.3, -0.25) is 9.97 Å². The lowest BCUT2D eigenvalue weighted by Gasteiger charge is -2.08. The molecule has 170 valence electrons. The van der Waals surface area contributed by atoms with E-state index in [2.05, 4.69) is 72.3 Å². The van der Waals surface area contributed by atoms with E-state index in [1.807, 2.05) is 12.4 Å². The van der Waals surface area contributed by atoms with Gasteiger partial charge in [-0.2, -0.15) is 0 Å². The molecule has 0 atom stereocenters. The van der Waals surface area contributed by atoms with E-state index in [0.29, 0.717) is 0 Å². The molecule has 0 unspecified atom stereocenters. The standard InChI is InChI=1S/C29H38N2O/c1-3-5-7-9-11-21-32-28-18-14-24(15-19-28)25-16-20-29(31-22-25)26-13-17-27(30-23-26)12-10-8-6-4-2/h13-20,22-23H,3-12,21H2,1-2H3. The molecule has 2 heterocycles. The predicted molar refractivity (Wildman–Crippen MR) is 135 cm³/mol. The quantitative estimate of drug-likeness (QED) is 0.241. The van der Waals surface area contributed by atoms with E-state index in [1.165, 1.54) is 57.1 Å². The van der Waals surface area contributed by atoms with Crippen molar-refractivity contribution in [2.24, 2.45) is 0 Å². The summed E-state index contributed by atoms with van der Waals surface area (Å²) in [5, 5.41) is 0. The van der Waals surface area contributed by atoms with Gasteiger partial charge in [-0.25, -0.2) is 0 Å². The number of hydrogen-bond acceptors (Lipinski definition) is 3. The maximum Gasteiger partial charge on any atom is 0.119 e. The summed E-state index contributed by atoms with van der Waals surface area (Å²) in [7, 11) is 0. The van der Waals surface area contributed by atoms with Crippen molar-refractivity contribution in [3.05, 3.63) is 66.6 Å². The van der Waals surface area contributed by atoms with Crippen molar-refractivity contribution in [2.75, 3.05) is 6.61 Å². The van der Waals surface area contributed by atoms with Crippen LogP contribution in [-0.4, -0.2) is 16.6 Å². The molecular weight excluding hydrogens is 392 g/mol. The summed E-state index contributed by atoms with van der Waals surface area (Å²) in [5.41, 5.74) is 5.46. The minimum Gasteiger partial charge on any atom is -0.494 e. The van der Waals surface area contributed by atoms with E-state index in [1.54, 1.807) is 0 Å². The highest BCUT2D eigenvalue weighted by atomic mass is 16.5. The molecule has 0 aliphatic rings. The van der Waals surface area contributed by atoms with E-state index < -0.39 is 0 Å². The molecule has 3 aromatic rings. The second-order valence-electron chi connectivity index (χ2n) is 8.57. The van der Waals surface area contributed by atoms with Crippen molar-refractivity contribution in [3.8, 4) is 28.1 Å². The minimum absolute atomic E-state index is 0.797. The zero-order valence-electron chi connectivity index (χ0n) is 19.9. The fourth-order valence-corrected chi connectivity index (χ4v) is 3.83. The Morgan fingerprint density at radius 1 is 0.594 bits per heavy atom. The molecule has 2 aromatic heterocycles. The number of pyridine rings is 2. The third-order valence-electron chi connectivity index (χ3n) is 5.87. The Bertz CT molecular complexity index is 886. The van der Waals surface area contributed by atoms with E-state index in [4.69, 9.17) is 4.74 Å². The summed E-state index contributed by atoms with van der Waals surface area (Å²) in [6.07, 6.45) is 16.3. The zero-order chi connectivity index (χ0) is 22.4. The molecule has 0 N–H and O–H groups in total. The Labute approximate surface area is 194 Å². The summed E-state index contributed by atoms with van der Waals surface area (Å²) >= 11 is 0. The number of rotatable bonds is 14. The maximum absolute atomic E-state index is 5.88. The Hall–Kier alpha value is -2.68. The van der Waals surface area contributed by atoms with Gasteiger partial charge in [-0.05, 0) is 55.2 Å². The highest BCUT2D eigenvalue weighted by Crippen LogP contribution is 2.24. The average molecular weight is 431 g/mol. The summed E-state index contributed by atoms with van der Waals surface area (Å²) in [4.78, 5) is 9.31. The monoisotopic (exact) mass is 430 g/mol. The highest BCUT2D eigenvalue weighted by molar-refractivity contribution is 5.67. The lowest BCUT2D eigenvalue weighted by atomic mass is 10.1. The fourth-order valence-electron chi connectivity index (χ4n) is 3.83. The van der Waals surface area contributed by atoms with Crippen LogP contribution in [0.4, 0.5) is 0 Å². The van der Waals surface area contributed by atoms with E-state index in [0.717, 1.165) is 47.6 Å². The third-order valence-corrected chi connectivity index (χ3v) is 5.87. The SMILES string of the molecule is CCCCCCCOc1ccc(-c2ccc(-c3ccc(CCCCCC)nc3)nc2)cc1. The number of benzene rings is 1. The van der Waals surface area contributed by atoms with Crippen LogP contribution in [0.1, 0.15) is 77.3 Å². The van der Waals surface area contributed by atoms with Crippen LogP contribution in [0.2, 0.25) is 0 Å². The molecule has 1 aromatic carbocycles. The first-order valence-corrected chi connectivity index (χ1v) is 12.4. The highest BCUT2D eigenvalue weighted by Gasteiger charge is 2.04. The zero-order valence-corrected chi connectivity index (χ0v) is 19.9. The first kappa shape index (κ1) is 24.0. The number of aryl methyl sites for hydroxylation is 1. The van der Waals surface area contributed by atoms with Gasteiger partial charge in [0.1, 0.15) is 5.75 Å². The predicted octanol–water partition coefficient (Wildman–Crippen LogP) is 8.28. The molecule has 0 spiro atoms. The van der Waals surface area contributed by atoms with Crippen LogP contribution in [0.5, 0.6) is 5.75 Å². The molecule has 3 heteroatoms. The van der Waals surface area contributed by atoms with Gasteiger partial charge in [0.15, 0.2) is 0 Å². The molecule has 3 nitrogen and oxygen atoms in total. The molecule has 0 aliphatic heterocycles. The van der Waals surface area contributed by atoms with Crippen molar-refractivity contribution in [2.45, 2.75) is 78.1 Å². The molecule has 0 radical (unpaired) electrons. The molecule has 3 rings (SSSR count). The van der Waals surface area contributed by atoms with Gasteiger partial charge in [-0.15, -0.1) is 0 Å². The van der Waals surface area contributed by atoms with Gasteiger partial charge in [0, 0.05) is 29.2 Å². The van der Waals surface area contributed by atoms with Gasteiger partial charge in [0.2, 0.25) is 0 Å². The Morgan fingerprint density at radius 2 is 1.25 bits per heavy atom. The van der Waals surface area contributed by atoms with Gasteiger partial charge >= 0.3 is 0 Å². The molecule has 0 amide bonds. The van der Waals surface area contributed by atoms with Crippen LogP contribution in [-0.2, 0) is 6.42 Å². The number of ether oxygens (including phenoxy) is 1. The van der Waals surface area contributed by atoms with Crippen molar-refractivity contribution >= 4 is 0 Å². The van der Waals surface area contributed by atoms with Crippen LogP contribution in [0, 0.1) is 0 Å². The molecule has 0 bridgehead atoms. The summed E-state index contributed by atoms with van der Waals surface area (Å²) < 4.78 is 5.88. The van der Waals surface area contributed by atoms with Gasteiger partial charge in [0.25, 0.3) is 0 Å².